The minimum absolute atomic E-state index is 0.105. The van der Waals surface area contributed by atoms with Crippen LogP contribution in [0.15, 0.2) is 48.5 Å². The van der Waals surface area contributed by atoms with Gasteiger partial charge in [0.25, 0.3) is 5.91 Å². The van der Waals surface area contributed by atoms with E-state index < -0.39 is 5.82 Å². The molecule has 1 aliphatic heterocycles. The fourth-order valence-electron chi connectivity index (χ4n) is 3.11. The normalized spacial score (nSPS) is 14.7. The Kier molecular flexibility index (Phi) is 6.29. The molecule has 1 aliphatic rings. The number of benzene rings is 2. The number of carbonyl (C=O) groups excluding carboxylic acids is 2. The molecule has 7 heteroatoms. The van der Waals surface area contributed by atoms with Crippen LogP contribution in [0.4, 0.5) is 14.9 Å². The van der Waals surface area contributed by atoms with Crippen molar-refractivity contribution in [2.45, 2.75) is 12.8 Å². The van der Waals surface area contributed by atoms with E-state index in [4.69, 9.17) is 11.6 Å². The number of halogens is 2. The lowest BCUT2D eigenvalue weighted by Crippen LogP contribution is -2.42. The fraction of sp³-hybridized carbons (Fsp3) is 0.300. The summed E-state index contributed by atoms with van der Waals surface area (Å²) >= 11 is 6.02. The summed E-state index contributed by atoms with van der Waals surface area (Å²) in [7, 11) is 0. The average Bonchev–Trinajstić information content (AvgIpc) is 2.68. The highest BCUT2D eigenvalue weighted by Gasteiger charge is 2.25. The molecular formula is C20H21ClFN3O2. The number of urea groups is 1. The molecule has 0 bridgehead atoms. The lowest BCUT2D eigenvalue weighted by atomic mass is 9.96. The number of nitrogens with zero attached hydrogens (tertiary/aromatic N) is 1. The van der Waals surface area contributed by atoms with E-state index >= 15 is 0 Å². The summed E-state index contributed by atoms with van der Waals surface area (Å²) in [6, 6.07) is 12.7. The molecule has 3 rings (SSSR count). The van der Waals surface area contributed by atoms with Crippen molar-refractivity contribution in [3.8, 4) is 0 Å². The Morgan fingerprint density at radius 1 is 1.07 bits per heavy atom. The van der Waals surface area contributed by atoms with Crippen molar-refractivity contribution >= 4 is 29.2 Å². The second-order valence-corrected chi connectivity index (χ2v) is 6.94. The number of carbonyl (C=O) groups is 2. The van der Waals surface area contributed by atoms with E-state index in [1.54, 1.807) is 41.3 Å². The highest BCUT2D eigenvalue weighted by molar-refractivity contribution is 6.33. The maximum Gasteiger partial charge on any atom is 0.319 e. The van der Waals surface area contributed by atoms with Crippen molar-refractivity contribution in [2.24, 2.45) is 5.92 Å². The first-order valence-corrected chi connectivity index (χ1v) is 9.25. The first-order chi connectivity index (χ1) is 13.0. The van der Waals surface area contributed by atoms with E-state index in [1.165, 1.54) is 12.1 Å². The van der Waals surface area contributed by atoms with Gasteiger partial charge in [0, 0.05) is 19.6 Å². The summed E-state index contributed by atoms with van der Waals surface area (Å²) in [6.45, 7) is 1.61. The monoisotopic (exact) mass is 389 g/mol. The fourth-order valence-corrected chi connectivity index (χ4v) is 3.29. The van der Waals surface area contributed by atoms with E-state index in [2.05, 4.69) is 10.6 Å². The summed E-state index contributed by atoms with van der Waals surface area (Å²) in [6.07, 6.45) is 1.51. The molecule has 142 valence electrons. The second kappa shape index (κ2) is 8.86. The molecule has 0 aromatic heterocycles. The number of rotatable bonds is 4. The number of nitrogens with one attached hydrogen (secondary N) is 2. The summed E-state index contributed by atoms with van der Waals surface area (Å²) in [4.78, 5) is 26.1. The van der Waals surface area contributed by atoms with Crippen molar-refractivity contribution in [3.05, 3.63) is 64.9 Å². The van der Waals surface area contributed by atoms with Crippen LogP contribution in [0.25, 0.3) is 0 Å². The summed E-state index contributed by atoms with van der Waals surface area (Å²) < 4.78 is 13.8. The van der Waals surface area contributed by atoms with Gasteiger partial charge in [0.1, 0.15) is 5.82 Å². The molecular weight excluding hydrogens is 369 g/mol. The lowest BCUT2D eigenvalue weighted by Gasteiger charge is -2.32. The molecule has 2 N–H and O–H groups in total. The molecule has 0 spiro atoms. The average molecular weight is 390 g/mol. The molecule has 1 saturated heterocycles. The van der Waals surface area contributed by atoms with Crippen molar-refractivity contribution in [1.82, 2.24) is 10.2 Å². The van der Waals surface area contributed by atoms with Gasteiger partial charge in [-0.2, -0.15) is 0 Å². The van der Waals surface area contributed by atoms with Gasteiger partial charge in [0.15, 0.2) is 0 Å². The standard InChI is InChI=1S/C20H21ClFN3O2/c21-16-6-2-4-8-18(16)24-20(27)23-13-14-9-11-25(12-10-14)19(26)15-5-1-3-7-17(15)22/h1-8,14H,9-13H2,(H2,23,24,27). The Balaban J connectivity index is 1.44. The summed E-state index contributed by atoms with van der Waals surface area (Å²) in [5.41, 5.74) is 0.662. The van der Waals surface area contributed by atoms with Crippen molar-refractivity contribution in [1.29, 1.82) is 0 Å². The van der Waals surface area contributed by atoms with Crippen molar-refractivity contribution in [3.63, 3.8) is 0 Å². The smallest absolute Gasteiger partial charge is 0.319 e. The molecule has 27 heavy (non-hydrogen) atoms. The Bertz CT molecular complexity index is 822. The largest absolute Gasteiger partial charge is 0.339 e. The van der Waals surface area contributed by atoms with Gasteiger partial charge in [-0.15, -0.1) is 0 Å². The van der Waals surface area contributed by atoms with Gasteiger partial charge in [-0.25, -0.2) is 9.18 Å². The summed E-state index contributed by atoms with van der Waals surface area (Å²) in [5, 5.41) is 6.04. The number of piperidine rings is 1. The van der Waals surface area contributed by atoms with Gasteiger partial charge in [-0.1, -0.05) is 35.9 Å². The number of anilines is 1. The van der Waals surface area contributed by atoms with Crippen LogP contribution >= 0.6 is 11.6 Å². The zero-order valence-corrected chi connectivity index (χ0v) is 15.5. The number of hydrogen-bond donors (Lipinski definition) is 2. The number of hydrogen-bond acceptors (Lipinski definition) is 2. The molecule has 0 atom stereocenters. The summed E-state index contributed by atoms with van der Waals surface area (Å²) in [5.74, 6) is -0.509. The van der Waals surface area contributed by atoms with Gasteiger partial charge in [0.2, 0.25) is 0 Å². The quantitative estimate of drug-likeness (QED) is 0.825. The Labute approximate surface area is 162 Å². The third-order valence-corrected chi connectivity index (χ3v) is 5.01. The van der Waals surface area contributed by atoms with Crippen LogP contribution in [0.3, 0.4) is 0 Å². The molecule has 0 radical (unpaired) electrons. The molecule has 0 unspecified atom stereocenters. The van der Waals surface area contributed by atoms with Crippen LogP contribution in [0.2, 0.25) is 5.02 Å². The van der Waals surface area contributed by atoms with Crippen molar-refractivity contribution < 1.29 is 14.0 Å². The van der Waals surface area contributed by atoms with Crippen LogP contribution in [0.5, 0.6) is 0 Å². The number of likely N-dealkylation sites (tertiary alicyclic amines) is 1. The zero-order chi connectivity index (χ0) is 19.2. The van der Waals surface area contributed by atoms with Gasteiger partial charge >= 0.3 is 6.03 Å². The predicted molar refractivity (Wildman–Crippen MR) is 104 cm³/mol. The molecule has 0 aliphatic carbocycles. The third-order valence-electron chi connectivity index (χ3n) is 4.68. The second-order valence-electron chi connectivity index (χ2n) is 6.53. The van der Waals surface area contributed by atoms with Crippen LogP contribution in [-0.4, -0.2) is 36.5 Å². The Morgan fingerprint density at radius 3 is 2.44 bits per heavy atom. The SMILES string of the molecule is O=C(NCC1CCN(C(=O)c2ccccc2F)CC1)Nc1ccccc1Cl. The highest BCUT2D eigenvalue weighted by Crippen LogP contribution is 2.21. The Hall–Kier alpha value is -2.60. The zero-order valence-electron chi connectivity index (χ0n) is 14.8. The van der Waals surface area contributed by atoms with Gasteiger partial charge < -0.3 is 15.5 Å². The van der Waals surface area contributed by atoms with Gasteiger partial charge in [0.05, 0.1) is 16.3 Å². The maximum atomic E-state index is 13.8. The van der Waals surface area contributed by atoms with E-state index in [9.17, 15) is 14.0 Å². The highest BCUT2D eigenvalue weighted by atomic mass is 35.5. The van der Waals surface area contributed by atoms with Crippen molar-refractivity contribution in [2.75, 3.05) is 25.0 Å². The van der Waals surface area contributed by atoms with E-state index in [1.807, 2.05) is 0 Å². The molecule has 2 aromatic carbocycles. The van der Waals surface area contributed by atoms with Gasteiger partial charge in [-0.05, 0) is 43.0 Å². The number of amides is 3. The topological polar surface area (TPSA) is 61.4 Å². The predicted octanol–water partition coefficient (Wildman–Crippen LogP) is 4.15. The first-order valence-electron chi connectivity index (χ1n) is 8.88. The first kappa shape index (κ1) is 19.2. The van der Waals surface area contributed by atoms with Crippen LogP contribution < -0.4 is 10.6 Å². The third kappa shape index (κ3) is 4.98. The Morgan fingerprint density at radius 2 is 1.74 bits per heavy atom. The minimum atomic E-state index is -0.498. The molecule has 1 fully saturated rings. The van der Waals surface area contributed by atoms with E-state index in [-0.39, 0.29) is 23.4 Å². The van der Waals surface area contributed by atoms with Crippen LogP contribution in [-0.2, 0) is 0 Å². The molecule has 2 aromatic rings. The van der Waals surface area contributed by atoms with E-state index in [0.29, 0.717) is 30.3 Å². The molecule has 3 amide bonds. The minimum Gasteiger partial charge on any atom is -0.339 e. The van der Waals surface area contributed by atoms with E-state index in [0.717, 1.165) is 12.8 Å². The maximum absolute atomic E-state index is 13.8. The van der Waals surface area contributed by atoms with Crippen LogP contribution in [0, 0.1) is 11.7 Å². The molecule has 5 nitrogen and oxygen atoms in total. The van der Waals surface area contributed by atoms with Gasteiger partial charge in [-0.3, -0.25) is 4.79 Å². The molecule has 1 heterocycles. The number of para-hydroxylation sites is 1. The lowest BCUT2D eigenvalue weighted by molar-refractivity contribution is 0.0686. The molecule has 0 saturated carbocycles. The van der Waals surface area contributed by atoms with Crippen LogP contribution in [0.1, 0.15) is 23.2 Å².